The second-order valence-corrected chi connectivity index (χ2v) is 6.02. The first-order valence-corrected chi connectivity index (χ1v) is 7.61. The molecule has 21 heavy (non-hydrogen) atoms. The highest BCUT2D eigenvalue weighted by Gasteiger charge is 2.31. The molecular formula is C14H14FN3O2S. The Kier molecular flexibility index (Phi) is 3.67. The smallest absolute Gasteiger partial charge is 0.313 e. The average molecular weight is 307 g/mol. The van der Waals surface area contributed by atoms with Crippen LogP contribution in [-0.2, 0) is 4.79 Å². The van der Waals surface area contributed by atoms with Gasteiger partial charge in [0.25, 0.3) is 0 Å². The number of rotatable bonds is 5. The van der Waals surface area contributed by atoms with Crippen LogP contribution in [-0.4, -0.2) is 31.6 Å². The number of hydrogen-bond acceptors (Lipinski definition) is 4. The molecule has 7 heteroatoms. The highest BCUT2D eigenvalue weighted by atomic mass is 32.2. The van der Waals surface area contributed by atoms with E-state index >= 15 is 0 Å². The summed E-state index contributed by atoms with van der Waals surface area (Å²) in [6.07, 6.45) is 1.97. The summed E-state index contributed by atoms with van der Waals surface area (Å²) in [6.45, 7) is 1.83. The fraction of sp³-hybridized carbons (Fsp3) is 0.357. The molecule has 1 aromatic heterocycles. The summed E-state index contributed by atoms with van der Waals surface area (Å²) in [5.41, 5.74) is 1.25. The van der Waals surface area contributed by atoms with Gasteiger partial charge in [0.15, 0.2) is 11.0 Å². The van der Waals surface area contributed by atoms with Gasteiger partial charge in [-0.3, -0.25) is 9.36 Å². The molecule has 0 unspecified atom stereocenters. The Hall–Kier alpha value is -1.89. The van der Waals surface area contributed by atoms with Crippen molar-refractivity contribution in [3.8, 4) is 11.4 Å². The predicted molar refractivity (Wildman–Crippen MR) is 76.8 cm³/mol. The second kappa shape index (κ2) is 5.48. The summed E-state index contributed by atoms with van der Waals surface area (Å²) in [4.78, 5) is 10.7. The third-order valence-electron chi connectivity index (χ3n) is 3.27. The first kappa shape index (κ1) is 14.1. The van der Waals surface area contributed by atoms with Gasteiger partial charge in [-0.2, -0.15) is 0 Å². The van der Waals surface area contributed by atoms with Gasteiger partial charge in [0.2, 0.25) is 0 Å². The molecule has 0 spiro atoms. The highest BCUT2D eigenvalue weighted by molar-refractivity contribution is 7.99. The van der Waals surface area contributed by atoms with Gasteiger partial charge in [-0.15, -0.1) is 10.2 Å². The van der Waals surface area contributed by atoms with Crippen molar-refractivity contribution in [1.29, 1.82) is 0 Å². The molecule has 0 amide bonds. The summed E-state index contributed by atoms with van der Waals surface area (Å²) in [5.74, 6) is -0.850. The minimum absolute atomic E-state index is 0.0821. The van der Waals surface area contributed by atoms with Crippen molar-refractivity contribution in [3.05, 3.63) is 29.6 Å². The molecule has 0 bridgehead atoms. The van der Waals surface area contributed by atoms with Crippen LogP contribution in [0.1, 0.15) is 24.4 Å². The van der Waals surface area contributed by atoms with Gasteiger partial charge >= 0.3 is 5.97 Å². The molecule has 0 atom stereocenters. The van der Waals surface area contributed by atoms with E-state index in [4.69, 9.17) is 5.11 Å². The molecule has 1 heterocycles. The van der Waals surface area contributed by atoms with E-state index in [-0.39, 0.29) is 17.6 Å². The number of thioether (sulfide) groups is 1. The third-order valence-corrected chi connectivity index (χ3v) is 4.19. The Balaban J connectivity index is 2.00. The Morgan fingerprint density at radius 3 is 2.86 bits per heavy atom. The molecule has 1 fully saturated rings. The van der Waals surface area contributed by atoms with Crippen molar-refractivity contribution in [2.75, 3.05) is 5.75 Å². The van der Waals surface area contributed by atoms with Gasteiger partial charge in [0.1, 0.15) is 5.82 Å². The van der Waals surface area contributed by atoms with Crippen LogP contribution in [0, 0.1) is 12.7 Å². The molecule has 5 nitrogen and oxygen atoms in total. The molecule has 1 N–H and O–H groups in total. The number of halogens is 1. The molecule has 1 aliphatic rings. The lowest BCUT2D eigenvalue weighted by Crippen LogP contribution is -2.04. The van der Waals surface area contributed by atoms with E-state index in [1.165, 1.54) is 6.07 Å². The molecule has 110 valence electrons. The molecule has 1 aliphatic carbocycles. The maximum Gasteiger partial charge on any atom is 0.313 e. The van der Waals surface area contributed by atoms with E-state index < -0.39 is 5.97 Å². The van der Waals surface area contributed by atoms with Gasteiger partial charge in [-0.1, -0.05) is 17.8 Å². The fourth-order valence-electron chi connectivity index (χ4n) is 2.15. The van der Waals surface area contributed by atoms with Crippen LogP contribution in [0.3, 0.4) is 0 Å². The number of carboxylic acid groups (broad SMARTS) is 1. The van der Waals surface area contributed by atoms with Crippen LogP contribution in [0.25, 0.3) is 11.4 Å². The molecule has 0 radical (unpaired) electrons. The quantitative estimate of drug-likeness (QED) is 0.860. The Labute approximate surface area is 125 Å². The number of nitrogens with zero attached hydrogens (tertiary/aromatic N) is 3. The van der Waals surface area contributed by atoms with Crippen molar-refractivity contribution >= 4 is 17.7 Å². The van der Waals surface area contributed by atoms with E-state index in [1.807, 2.05) is 17.6 Å². The molecule has 3 rings (SSSR count). The molecule has 2 aromatic rings. The third kappa shape index (κ3) is 2.92. The second-order valence-electron chi connectivity index (χ2n) is 5.07. The summed E-state index contributed by atoms with van der Waals surface area (Å²) in [6, 6.07) is 5.23. The normalized spacial score (nSPS) is 14.4. The van der Waals surface area contributed by atoms with E-state index in [0.717, 1.165) is 30.2 Å². The number of carboxylic acids is 1. The summed E-state index contributed by atoms with van der Waals surface area (Å²) in [7, 11) is 0. The van der Waals surface area contributed by atoms with Crippen molar-refractivity contribution in [2.45, 2.75) is 31.0 Å². The molecule has 0 aliphatic heterocycles. The van der Waals surface area contributed by atoms with Crippen molar-refractivity contribution in [2.24, 2.45) is 0 Å². The van der Waals surface area contributed by atoms with E-state index in [2.05, 4.69) is 10.2 Å². The van der Waals surface area contributed by atoms with Crippen LogP contribution in [0.15, 0.2) is 23.4 Å². The zero-order valence-electron chi connectivity index (χ0n) is 11.4. The molecular weight excluding hydrogens is 293 g/mol. The minimum Gasteiger partial charge on any atom is -0.481 e. The van der Waals surface area contributed by atoms with Crippen molar-refractivity contribution < 1.29 is 14.3 Å². The van der Waals surface area contributed by atoms with Gasteiger partial charge in [0, 0.05) is 6.04 Å². The topological polar surface area (TPSA) is 68.0 Å². The molecule has 1 aromatic carbocycles. The maximum absolute atomic E-state index is 14.1. The van der Waals surface area contributed by atoms with Crippen LogP contribution in [0.2, 0.25) is 0 Å². The van der Waals surface area contributed by atoms with E-state index in [9.17, 15) is 9.18 Å². The van der Waals surface area contributed by atoms with Gasteiger partial charge in [0.05, 0.1) is 11.3 Å². The van der Waals surface area contributed by atoms with Crippen LogP contribution in [0.5, 0.6) is 0 Å². The zero-order valence-corrected chi connectivity index (χ0v) is 12.2. The van der Waals surface area contributed by atoms with Crippen molar-refractivity contribution in [3.63, 3.8) is 0 Å². The fourth-order valence-corrected chi connectivity index (χ4v) is 2.87. The lowest BCUT2D eigenvalue weighted by Gasteiger charge is -2.09. The van der Waals surface area contributed by atoms with Crippen LogP contribution < -0.4 is 0 Å². The average Bonchev–Trinajstić information content (AvgIpc) is 3.17. The first-order chi connectivity index (χ1) is 10.1. The predicted octanol–water partition coefficient (Wildman–Crippen LogP) is 2.90. The number of aliphatic carboxylic acids is 1. The molecule has 1 saturated carbocycles. The number of aryl methyl sites for hydroxylation is 1. The van der Waals surface area contributed by atoms with Gasteiger partial charge in [-0.05, 0) is 37.5 Å². The SMILES string of the molecule is Cc1ccc(-c2nnc(SCC(=O)O)n2C2CC2)c(F)c1. The highest BCUT2D eigenvalue weighted by Crippen LogP contribution is 2.41. The number of aromatic nitrogens is 3. The monoisotopic (exact) mass is 307 g/mol. The zero-order chi connectivity index (χ0) is 15.0. The maximum atomic E-state index is 14.1. The largest absolute Gasteiger partial charge is 0.481 e. The minimum atomic E-state index is -0.909. The standard InChI is InChI=1S/C14H14FN3O2S/c1-8-2-5-10(11(15)6-8)13-16-17-14(21-7-12(19)20)18(13)9-3-4-9/h2,5-6,9H,3-4,7H2,1H3,(H,19,20). The van der Waals surface area contributed by atoms with Gasteiger partial charge < -0.3 is 5.11 Å². The first-order valence-electron chi connectivity index (χ1n) is 6.62. The number of carbonyl (C=O) groups is 1. The summed E-state index contributed by atoms with van der Waals surface area (Å²) in [5, 5.41) is 17.4. The summed E-state index contributed by atoms with van der Waals surface area (Å²) >= 11 is 1.12. The van der Waals surface area contributed by atoms with Crippen molar-refractivity contribution in [1.82, 2.24) is 14.8 Å². The Morgan fingerprint density at radius 2 is 2.24 bits per heavy atom. The van der Waals surface area contributed by atoms with Crippen LogP contribution >= 0.6 is 11.8 Å². The lowest BCUT2D eigenvalue weighted by atomic mass is 10.1. The van der Waals surface area contributed by atoms with Gasteiger partial charge in [-0.25, -0.2) is 4.39 Å². The molecule has 0 saturated heterocycles. The lowest BCUT2D eigenvalue weighted by molar-refractivity contribution is -0.133. The number of hydrogen-bond donors (Lipinski definition) is 1. The van der Waals surface area contributed by atoms with E-state index in [1.54, 1.807) is 6.07 Å². The van der Waals surface area contributed by atoms with E-state index in [0.29, 0.717) is 16.5 Å². The van der Waals surface area contributed by atoms with Crippen LogP contribution in [0.4, 0.5) is 4.39 Å². The Bertz CT molecular complexity index is 698. The Morgan fingerprint density at radius 1 is 1.48 bits per heavy atom. The summed E-state index contributed by atoms with van der Waals surface area (Å²) < 4.78 is 16.0. The number of benzene rings is 1.